The molecule has 3 saturated heterocycles. The molecule has 3 atom stereocenters. The van der Waals surface area contributed by atoms with Crippen LogP contribution in [0.25, 0.3) is 11.0 Å². The van der Waals surface area contributed by atoms with Crippen molar-refractivity contribution in [2.75, 3.05) is 45.1 Å². The lowest BCUT2D eigenvalue weighted by Gasteiger charge is -2.45. The van der Waals surface area contributed by atoms with Gasteiger partial charge in [0.05, 0.1) is 30.2 Å². The van der Waals surface area contributed by atoms with Gasteiger partial charge in [-0.25, -0.2) is 9.97 Å². The van der Waals surface area contributed by atoms with Gasteiger partial charge in [0.2, 0.25) is 0 Å². The summed E-state index contributed by atoms with van der Waals surface area (Å²) in [6.07, 6.45) is 7.00. The quantitative estimate of drug-likeness (QED) is 0.837. The van der Waals surface area contributed by atoms with Gasteiger partial charge in [-0.15, -0.1) is 0 Å². The van der Waals surface area contributed by atoms with Crippen LogP contribution in [-0.2, 0) is 9.47 Å². The summed E-state index contributed by atoms with van der Waals surface area (Å²) >= 11 is 0. The van der Waals surface area contributed by atoms with Crippen molar-refractivity contribution in [1.29, 1.82) is 0 Å². The van der Waals surface area contributed by atoms with Gasteiger partial charge in [0, 0.05) is 25.8 Å². The Morgan fingerprint density at radius 1 is 1.35 bits per heavy atom. The van der Waals surface area contributed by atoms with Crippen LogP contribution in [-0.4, -0.2) is 70.5 Å². The van der Waals surface area contributed by atoms with Crippen molar-refractivity contribution in [1.82, 2.24) is 24.8 Å². The molecule has 3 N–H and O–H groups in total. The van der Waals surface area contributed by atoms with Gasteiger partial charge in [-0.3, -0.25) is 4.90 Å². The normalized spacial score (nSPS) is 32.8. The molecule has 1 unspecified atom stereocenters. The highest BCUT2D eigenvalue weighted by molar-refractivity contribution is 5.86. The van der Waals surface area contributed by atoms with Crippen LogP contribution >= 0.6 is 0 Å². The summed E-state index contributed by atoms with van der Waals surface area (Å²) in [5.41, 5.74) is 6.96. The number of aromatic nitrogens is 3. The van der Waals surface area contributed by atoms with Gasteiger partial charge in [-0.1, -0.05) is 0 Å². The molecule has 0 radical (unpaired) electrons. The van der Waals surface area contributed by atoms with Gasteiger partial charge >= 0.3 is 0 Å². The fourth-order valence-corrected chi connectivity index (χ4v) is 4.67. The summed E-state index contributed by atoms with van der Waals surface area (Å²) in [7, 11) is 0. The van der Waals surface area contributed by atoms with Crippen LogP contribution in [0.2, 0.25) is 0 Å². The minimum atomic E-state index is 0.0190. The number of nitrogens with two attached hydrogens (primary N) is 1. The molecule has 0 bridgehead atoms. The van der Waals surface area contributed by atoms with E-state index in [9.17, 15) is 0 Å². The number of anilines is 1. The highest BCUT2D eigenvalue weighted by atomic mass is 16.5. The average molecular weight is 358 g/mol. The molecule has 5 heterocycles. The van der Waals surface area contributed by atoms with E-state index < -0.39 is 0 Å². The minimum Gasteiger partial charge on any atom is -0.383 e. The first-order chi connectivity index (χ1) is 12.8. The molecule has 140 valence electrons. The van der Waals surface area contributed by atoms with Crippen LogP contribution in [0.5, 0.6) is 0 Å². The van der Waals surface area contributed by atoms with Crippen molar-refractivity contribution in [2.24, 2.45) is 0 Å². The first kappa shape index (κ1) is 16.4. The number of fused-ring (bicyclic) bond motifs is 1. The molecule has 1 spiro atoms. The predicted molar refractivity (Wildman–Crippen MR) is 97.7 cm³/mol. The Morgan fingerprint density at radius 3 is 3.19 bits per heavy atom. The van der Waals surface area contributed by atoms with Crippen LogP contribution in [0.4, 0.5) is 5.82 Å². The SMILES string of the molecule is Nc1ncnc2c1ccn2[C@H]1CC[C@@H](CN2CCOCC23CCNC3)O1. The maximum absolute atomic E-state index is 6.42. The Hall–Kier alpha value is -1.74. The van der Waals surface area contributed by atoms with E-state index in [1.807, 2.05) is 12.3 Å². The van der Waals surface area contributed by atoms with Gasteiger partial charge in [0.1, 0.15) is 24.0 Å². The zero-order valence-corrected chi connectivity index (χ0v) is 14.9. The highest BCUT2D eigenvalue weighted by Gasteiger charge is 2.43. The fourth-order valence-electron chi connectivity index (χ4n) is 4.67. The molecule has 0 amide bonds. The molecule has 2 aromatic heterocycles. The zero-order chi connectivity index (χ0) is 17.6. The standard InChI is InChI=1S/C18H26N6O2/c19-16-14-3-6-24(17(14)22-12-21-16)15-2-1-13(26-15)9-23-7-8-25-11-18(23)4-5-20-10-18/h3,6,12-13,15,20H,1-2,4-5,7-11H2,(H2,19,21,22)/t13-,15+,18?/m0/s1. The molecule has 0 aliphatic carbocycles. The van der Waals surface area contributed by atoms with Gasteiger partial charge < -0.3 is 25.1 Å². The average Bonchev–Trinajstić information content (AvgIpc) is 3.37. The number of nitrogen functional groups attached to an aromatic ring is 1. The molecule has 0 aromatic carbocycles. The second-order valence-electron chi connectivity index (χ2n) is 7.66. The van der Waals surface area contributed by atoms with E-state index in [4.69, 9.17) is 15.2 Å². The third kappa shape index (κ3) is 2.68. The van der Waals surface area contributed by atoms with Crippen molar-refractivity contribution >= 4 is 16.9 Å². The topological polar surface area (TPSA) is 90.5 Å². The lowest BCUT2D eigenvalue weighted by atomic mass is 9.95. The molecule has 3 fully saturated rings. The monoisotopic (exact) mass is 358 g/mol. The van der Waals surface area contributed by atoms with Gasteiger partial charge in [-0.2, -0.15) is 0 Å². The molecule has 5 rings (SSSR count). The first-order valence-corrected chi connectivity index (χ1v) is 9.51. The van der Waals surface area contributed by atoms with Crippen LogP contribution in [0.3, 0.4) is 0 Å². The van der Waals surface area contributed by atoms with Crippen LogP contribution in [0.1, 0.15) is 25.5 Å². The molecular formula is C18H26N6O2. The maximum atomic E-state index is 6.42. The van der Waals surface area contributed by atoms with Crippen molar-refractivity contribution < 1.29 is 9.47 Å². The molecule has 3 aliphatic rings. The van der Waals surface area contributed by atoms with Crippen molar-refractivity contribution in [3.63, 3.8) is 0 Å². The first-order valence-electron chi connectivity index (χ1n) is 9.51. The second kappa shape index (κ2) is 6.45. The van der Waals surface area contributed by atoms with E-state index >= 15 is 0 Å². The molecule has 2 aromatic rings. The Labute approximate surface area is 152 Å². The predicted octanol–water partition coefficient (Wildman–Crippen LogP) is 0.755. The summed E-state index contributed by atoms with van der Waals surface area (Å²) in [4.78, 5) is 11.1. The van der Waals surface area contributed by atoms with Crippen LogP contribution in [0, 0.1) is 0 Å². The zero-order valence-electron chi connectivity index (χ0n) is 14.9. The third-order valence-electron chi connectivity index (χ3n) is 6.13. The van der Waals surface area contributed by atoms with Gasteiger partial charge in [-0.05, 0) is 31.9 Å². The van der Waals surface area contributed by atoms with E-state index in [1.54, 1.807) is 0 Å². The summed E-state index contributed by atoms with van der Waals surface area (Å²) in [5.74, 6) is 0.521. The largest absolute Gasteiger partial charge is 0.383 e. The molecule has 26 heavy (non-hydrogen) atoms. The van der Waals surface area contributed by atoms with E-state index in [1.165, 1.54) is 6.33 Å². The number of rotatable bonds is 3. The van der Waals surface area contributed by atoms with Gasteiger partial charge in [0.15, 0.2) is 0 Å². The Morgan fingerprint density at radius 2 is 2.31 bits per heavy atom. The summed E-state index contributed by atoms with van der Waals surface area (Å²) in [6, 6.07) is 1.97. The molecule has 3 aliphatic heterocycles. The van der Waals surface area contributed by atoms with Crippen molar-refractivity contribution in [3.05, 3.63) is 18.6 Å². The molecule has 0 saturated carbocycles. The number of hydrogen-bond donors (Lipinski definition) is 2. The van der Waals surface area contributed by atoms with Crippen LogP contribution < -0.4 is 11.1 Å². The molecule has 8 heteroatoms. The highest BCUT2D eigenvalue weighted by Crippen LogP contribution is 2.34. The summed E-state index contributed by atoms with van der Waals surface area (Å²) in [6.45, 7) is 5.69. The van der Waals surface area contributed by atoms with Gasteiger partial charge in [0.25, 0.3) is 0 Å². The number of morpholine rings is 1. The summed E-state index contributed by atoms with van der Waals surface area (Å²) < 4.78 is 14.3. The lowest BCUT2D eigenvalue weighted by Crippen LogP contribution is -2.59. The van der Waals surface area contributed by atoms with E-state index in [0.717, 1.165) is 69.7 Å². The van der Waals surface area contributed by atoms with E-state index in [0.29, 0.717) is 5.82 Å². The third-order valence-corrected chi connectivity index (χ3v) is 6.13. The Bertz CT molecular complexity index is 787. The van der Waals surface area contributed by atoms with E-state index in [-0.39, 0.29) is 17.9 Å². The summed E-state index contributed by atoms with van der Waals surface area (Å²) in [5, 5.41) is 4.39. The molecule has 8 nitrogen and oxygen atoms in total. The lowest BCUT2D eigenvalue weighted by molar-refractivity contribution is -0.0875. The number of nitrogens with one attached hydrogen (secondary N) is 1. The Balaban J connectivity index is 1.30. The van der Waals surface area contributed by atoms with E-state index in [2.05, 4.69) is 24.8 Å². The maximum Gasteiger partial charge on any atom is 0.147 e. The Kier molecular flexibility index (Phi) is 4.08. The molecular weight excluding hydrogens is 332 g/mol. The van der Waals surface area contributed by atoms with Crippen molar-refractivity contribution in [2.45, 2.75) is 37.1 Å². The fraction of sp³-hybridized carbons (Fsp3) is 0.667. The number of hydrogen-bond acceptors (Lipinski definition) is 7. The second-order valence-corrected chi connectivity index (χ2v) is 7.66. The minimum absolute atomic E-state index is 0.0190. The van der Waals surface area contributed by atoms with Crippen LogP contribution in [0.15, 0.2) is 18.6 Å². The number of ether oxygens (including phenoxy) is 2. The van der Waals surface area contributed by atoms with Crippen molar-refractivity contribution in [3.8, 4) is 0 Å². The number of nitrogens with zero attached hydrogens (tertiary/aromatic N) is 4. The smallest absolute Gasteiger partial charge is 0.147 e.